The van der Waals surface area contributed by atoms with E-state index in [4.69, 9.17) is 21.1 Å². The van der Waals surface area contributed by atoms with E-state index < -0.39 is 0 Å². The van der Waals surface area contributed by atoms with Crippen LogP contribution in [0.15, 0.2) is 0 Å². The fourth-order valence-electron chi connectivity index (χ4n) is 0.841. The van der Waals surface area contributed by atoms with Gasteiger partial charge in [0.25, 0.3) is 0 Å². The van der Waals surface area contributed by atoms with Crippen molar-refractivity contribution in [3.63, 3.8) is 0 Å². The number of methoxy groups -OCH3 is 1. The monoisotopic (exact) mass is 260 g/mol. The topological polar surface area (TPSA) is 60.4 Å². The number of rotatable bonds is 5. The Kier molecular flexibility index (Phi) is 4.47. The van der Waals surface area contributed by atoms with E-state index >= 15 is 0 Å². The van der Waals surface area contributed by atoms with E-state index in [1.54, 1.807) is 0 Å². The smallest absolute Gasteiger partial charge is 0.323 e. The van der Waals surface area contributed by atoms with Crippen LogP contribution in [-0.4, -0.2) is 53.2 Å². The molecule has 0 bridgehead atoms. The summed E-state index contributed by atoms with van der Waals surface area (Å²) in [5.74, 6) is 0. The van der Waals surface area contributed by atoms with E-state index in [1.807, 2.05) is 32.8 Å². The van der Waals surface area contributed by atoms with Crippen LogP contribution in [0.5, 0.6) is 12.0 Å². The van der Waals surface area contributed by atoms with Crippen LogP contribution >= 0.6 is 11.6 Å². The summed E-state index contributed by atoms with van der Waals surface area (Å²) in [4.78, 5) is 13.6. The lowest BCUT2D eigenvalue weighted by Crippen LogP contribution is -2.43. The van der Waals surface area contributed by atoms with Crippen molar-refractivity contribution in [1.82, 2.24) is 19.9 Å². The third kappa shape index (κ3) is 3.98. The molecule has 0 unspecified atom stereocenters. The second-order valence-corrected chi connectivity index (χ2v) is 4.71. The zero-order valence-corrected chi connectivity index (χ0v) is 11.4. The van der Waals surface area contributed by atoms with Crippen molar-refractivity contribution in [2.45, 2.75) is 19.4 Å². The Balaban J connectivity index is 2.72. The van der Waals surface area contributed by atoms with E-state index in [0.717, 1.165) is 0 Å². The van der Waals surface area contributed by atoms with Crippen molar-refractivity contribution >= 4 is 11.6 Å². The third-order valence-electron chi connectivity index (χ3n) is 2.51. The van der Waals surface area contributed by atoms with Gasteiger partial charge in [-0.15, -0.1) is 4.98 Å². The van der Waals surface area contributed by atoms with Crippen molar-refractivity contribution < 1.29 is 9.47 Å². The third-order valence-corrected chi connectivity index (χ3v) is 2.68. The maximum atomic E-state index is 5.71. The van der Waals surface area contributed by atoms with Crippen LogP contribution in [0.2, 0.25) is 5.28 Å². The van der Waals surface area contributed by atoms with E-state index in [9.17, 15) is 0 Å². The fraction of sp³-hybridized carbons (Fsp3) is 0.700. The molecule has 0 aliphatic rings. The lowest BCUT2D eigenvalue weighted by atomic mass is 10.1. The highest BCUT2D eigenvalue weighted by molar-refractivity contribution is 6.28. The molecule has 7 heteroatoms. The van der Waals surface area contributed by atoms with Crippen molar-refractivity contribution in [3.8, 4) is 12.0 Å². The molecule has 6 nitrogen and oxygen atoms in total. The molecule has 1 aromatic rings. The van der Waals surface area contributed by atoms with Gasteiger partial charge >= 0.3 is 12.0 Å². The number of halogens is 1. The van der Waals surface area contributed by atoms with Gasteiger partial charge in [-0.3, -0.25) is 0 Å². The molecule has 1 aromatic heterocycles. The average Bonchev–Trinajstić information content (AvgIpc) is 2.25. The van der Waals surface area contributed by atoms with Gasteiger partial charge in [-0.05, 0) is 39.5 Å². The molecule has 0 spiro atoms. The Morgan fingerprint density at radius 2 is 1.76 bits per heavy atom. The first-order valence-electron chi connectivity index (χ1n) is 5.11. The molecule has 0 N–H and O–H groups in total. The lowest BCUT2D eigenvalue weighted by Gasteiger charge is -2.31. The molecular weight excluding hydrogens is 244 g/mol. The molecule has 0 aromatic carbocycles. The largest absolute Gasteiger partial charge is 0.467 e. The zero-order valence-electron chi connectivity index (χ0n) is 10.7. The number of nitrogens with zero attached hydrogens (tertiary/aromatic N) is 4. The number of likely N-dealkylation sites (N-methyl/N-ethyl adjacent to an activating group) is 1. The van der Waals surface area contributed by atoms with Gasteiger partial charge in [-0.25, -0.2) is 0 Å². The molecule has 1 heterocycles. The predicted molar refractivity (Wildman–Crippen MR) is 64.7 cm³/mol. The number of ether oxygens (including phenoxy) is 2. The fourth-order valence-corrected chi connectivity index (χ4v) is 0.985. The van der Waals surface area contributed by atoms with Gasteiger partial charge in [-0.2, -0.15) is 9.97 Å². The minimum Gasteiger partial charge on any atom is -0.467 e. The van der Waals surface area contributed by atoms with Crippen molar-refractivity contribution in [3.05, 3.63) is 5.28 Å². The van der Waals surface area contributed by atoms with Crippen LogP contribution in [0.25, 0.3) is 0 Å². The van der Waals surface area contributed by atoms with Crippen LogP contribution < -0.4 is 9.47 Å². The van der Waals surface area contributed by atoms with Crippen molar-refractivity contribution in [2.24, 2.45) is 0 Å². The van der Waals surface area contributed by atoms with Crippen LogP contribution in [-0.2, 0) is 0 Å². The van der Waals surface area contributed by atoms with Crippen LogP contribution in [0, 0.1) is 0 Å². The quantitative estimate of drug-likeness (QED) is 0.794. The molecule has 1 rings (SSSR count). The molecule has 17 heavy (non-hydrogen) atoms. The molecular formula is C10H17ClN4O2. The summed E-state index contributed by atoms with van der Waals surface area (Å²) in [6.07, 6.45) is 0. The first kappa shape index (κ1) is 13.9. The SMILES string of the molecule is COc1nc(Cl)nc(OCC(C)(C)N(C)C)n1. The van der Waals surface area contributed by atoms with Crippen LogP contribution in [0.3, 0.4) is 0 Å². The average molecular weight is 261 g/mol. The Labute approximate surface area is 106 Å². The van der Waals surface area contributed by atoms with Gasteiger partial charge in [0, 0.05) is 5.54 Å². The van der Waals surface area contributed by atoms with E-state index in [2.05, 4.69) is 15.0 Å². The number of hydrogen-bond acceptors (Lipinski definition) is 6. The minimum absolute atomic E-state index is 0.0505. The van der Waals surface area contributed by atoms with Gasteiger partial charge in [0.2, 0.25) is 5.28 Å². The van der Waals surface area contributed by atoms with E-state index in [0.29, 0.717) is 6.61 Å². The molecule has 0 radical (unpaired) electrons. The second kappa shape index (κ2) is 5.46. The summed E-state index contributed by atoms with van der Waals surface area (Å²) >= 11 is 5.71. The Morgan fingerprint density at radius 1 is 1.18 bits per heavy atom. The highest BCUT2D eigenvalue weighted by atomic mass is 35.5. The maximum Gasteiger partial charge on any atom is 0.323 e. The van der Waals surface area contributed by atoms with Gasteiger partial charge in [0.1, 0.15) is 6.61 Å². The standard InChI is InChI=1S/C10H17ClN4O2/c1-10(2,15(3)4)6-17-9-13-7(11)12-8(14-9)16-5/h6H2,1-5H3. The molecule has 0 aliphatic heterocycles. The summed E-state index contributed by atoms with van der Waals surface area (Å²) in [5, 5.41) is 0.0505. The summed E-state index contributed by atoms with van der Waals surface area (Å²) < 4.78 is 10.4. The number of aromatic nitrogens is 3. The second-order valence-electron chi connectivity index (χ2n) is 4.37. The van der Waals surface area contributed by atoms with E-state index in [1.165, 1.54) is 7.11 Å². The van der Waals surface area contributed by atoms with Crippen molar-refractivity contribution in [2.75, 3.05) is 27.8 Å². The first-order chi connectivity index (χ1) is 7.85. The molecule has 0 aliphatic carbocycles. The molecule has 0 atom stereocenters. The highest BCUT2D eigenvalue weighted by Crippen LogP contribution is 2.15. The lowest BCUT2D eigenvalue weighted by molar-refractivity contribution is 0.107. The minimum atomic E-state index is -0.133. The Morgan fingerprint density at radius 3 is 2.29 bits per heavy atom. The first-order valence-corrected chi connectivity index (χ1v) is 5.49. The predicted octanol–water partition coefficient (Wildman–Crippen LogP) is 1.25. The van der Waals surface area contributed by atoms with Crippen LogP contribution in [0.1, 0.15) is 13.8 Å². The summed E-state index contributed by atoms with van der Waals surface area (Å²) in [6, 6.07) is 0.305. The maximum absolute atomic E-state index is 5.71. The molecule has 0 fully saturated rings. The van der Waals surface area contributed by atoms with Gasteiger partial charge in [-0.1, -0.05) is 0 Å². The summed E-state index contributed by atoms with van der Waals surface area (Å²) in [5.41, 5.74) is -0.133. The van der Waals surface area contributed by atoms with Crippen molar-refractivity contribution in [1.29, 1.82) is 0 Å². The molecule has 0 saturated heterocycles. The van der Waals surface area contributed by atoms with Crippen LogP contribution in [0.4, 0.5) is 0 Å². The Hall–Kier alpha value is -1.14. The van der Waals surface area contributed by atoms with Gasteiger partial charge in [0.15, 0.2) is 0 Å². The summed E-state index contributed by atoms with van der Waals surface area (Å²) in [6.45, 7) is 4.53. The summed E-state index contributed by atoms with van der Waals surface area (Å²) in [7, 11) is 5.41. The molecule has 96 valence electrons. The molecule has 0 amide bonds. The van der Waals surface area contributed by atoms with E-state index in [-0.39, 0.29) is 22.8 Å². The van der Waals surface area contributed by atoms with Gasteiger partial charge in [0.05, 0.1) is 7.11 Å². The highest BCUT2D eigenvalue weighted by Gasteiger charge is 2.22. The zero-order chi connectivity index (χ0) is 13.1. The van der Waals surface area contributed by atoms with Gasteiger partial charge < -0.3 is 14.4 Å². The molecule has 0 saturated carbocycles. The normalized spacial score (nSPS) is 11.7. The Bertz CT molecular complexity index is 385. The number of hydrogen-bond donors (Lipinski definition) is 0.